The van der Waals surface area contributed by atoms with Gasteiger partial charge in [-0.3, -0.25) is 4.79 Å². The molecule has 8 heteroatoms. The summed E-state index contributed by atoms with van der Waals surface area (Å²) < 4.78 is 26.6. The minimum Gasteiger partial charge on any atom is -0.481 e. The van der Waals surface area contributed by atoms with Crippen LogP contribution in [0.4, 0.5) is 0 Å². The molecule has 0 aliphatic rings. The molecule has 0 aromatic carbocycles. The van der Waals surface area contributed by atoms with E-state index >= 15 is 0 Å². The van der Waals surface area contributed by atoms with E-state index in [0.717, 1.165) is 0 Å². The second-order valence-electron chi connectivity index (χ2n) is 5.75. The summed E-state index contributed by atoms with van der Waals surface area (Å²) in [7, 11) is -3.59. The van der Waals surface area contributed by atoms with E-state index in [4.69, 9.17) is 5.11 Å². The minimum absolute atomic E-state index is 0.0580. The molecule has 0 saturated carbocycles. The number of carboxylic acids is 1. The number of imidazole rings is 1. The summed E-state index contributed by atoms with van der Waals surface area (Å²) in [5, 5.41) is 8.74. The fourth-order valence-electron chi connectivity index (χ4n) is 1.83. The Kier molecular flexibility index (Phi) is 5.91. The largest absolute Gasteiger partial charge is 0.481 e. The molecule has 1 aromatic heterocycles. The van der Waals surface area contributed by atoms with Crippen LogP contribution in [0, 0.1) is 5.41 Å². The highest BCUT2D eigenvalue weighted by molar-refractivity contribution is 7.89. The van der Waals surface area contributed by atoms with Gasteiger partial charge in [-0.2, -0.15) is 0 Å². The summed E-state index contributed by atoms with van der Waals surface area (Å²) in [6.45, 7) is 5.99. The maximum Gasteiger partial charge on any atom is 0.303 e. The molecule has 1 aromatic rings. The molecule has 1 heterocycles. The van der Waals surface area contributed by atoms with Crippen LogP contribution in [0.15, 0.2) is 11.2 Å². The summed E-state index contributed by atoms with van der Waals surface area (Å²) in [5.41, 5.74) is -0.233. The van der Waals surface area contributed by atoms with Crippen LogP contribution >= 0.6 is 0 Å². The molecular formula is C13H23N3O4S. The van der Waals surface area contributed by atoms with Crippen LogP contribution < -0.4 is 4.72 Å². The van der Waals surface area contributed by atoms with Crippen LogP contribution in [0.3, 0.4) is 0 Å². The molecule has 1 rings (SSSR count). The van der Waals surface area contributed by atoms with Gasteiger partial charge < -0.3 is 10.1 Å². The van der Waals surface area contributed by atoms with Crippen LogP contribution in [0.2, 0.25) is 0 Å². The van der Waals surface area contributed by atoms with Gasteiger partial charge in [0.15, 0.2) is 5.03 Å². The summed E-state index contributed by atoms with van der Waals surface area (Å²) in [6, 6.07) is 0. The van der Waals surface area contributed by atoms with Crippen molar-refractivity contribution in [3.8, 4) is 0 Å². The molecule has 7 nitrogen and oxygen atoms in total. The van der Waals surface area contributed by atoms with Gasteiger partial charge in [-0.15, -0.1) is 0 Å². The second kappa shape index (κ2) is 7.04. The van der Waals surface area contributed by atoms with Crippen molar-refractivity contribution in [2.24, 2.45) is 5.41 Å². The first-order valence-corrected chi connectivity index (χ1v) is 8.40. The van der Waals surface area contributed by atoms with Crippen LogP contribution in [-0.4, -0.2) is 36.0 Å². The number of aromatic nitrogens is 2. The molecular weight excluding hydrogens is 294 g/mol. The molecule has 3 N–H and O–H groups in total. The van der Waals surface area contributed by atoms with Crippen molar-refractivity contribution < 1.29 is 18.3 Å². The third-order valence-electron chi connectivity index (χ3n) is 3.34. The van der Waals surface area contributed by atoms with Gasteiger partial charge in [0.05, 0.1) is 6.20 Å². The van der Waals surface area contributed by atoms with E-state index in [2.05, 4.69) is 14.7 Å². The van der Waals surface area contributed by atoms with Gasteiger partial charge >= 0.3 is 5.97 Å². The number of rotatable bonds is 9. The highest BCUT2D eigenvalue weighted by Gasteiger charge is 2.21. The zero-order chi connectivity index (χ0) is 16.1. The lowest BCUT2D eigenvalue weighted by Crippen LogP contribution is -2.28. The average molecular weight is 317 g/mol. The van der Waals surface area contributed by atoms with E-state index in [-0.39, 0.29) is 23.4 Å². The highest BCUT2D eigenvalue weighted by atomic mass is 32.2. The number of carbonyl (C=O) groups is 1. The molecule has 0 fully saturated rings. The summed E-state index contributed by atoms with van der Waals surface area (Å²) in [6.07, 6.45) is 3.09. The van der Waals surface area contributed by atoms with Gasteiger partial charge in [0, 0.05) is 19.4 Å². The van der Waals surface area contributed by atoms with Crippen molar-refractivity contribution in [1.29, 1.82) is 0 Å². The molecule has 0 radical (unpaired) electrons. The quantitative estimate of drug-likeness (QED) is 0.639. The standard InChI is InChI=1S/C13H23N3O4S/c1-4-10-14-9-11(16-10)21(19,20)15-8-7-13(2,3)6-5-12(17)18/h9,15H,4-8H2,1-3H3,(H,14,16)(H,17,18). The van der Waals surface area contributed by atoms with E-state index in [0.29, 0.717) is 25.1 Å². The third-order valence-corrected chi connectivity index (χ3v) is 4.71. The molecule has 0 amide bonds. The van der Waals surface area contributed by atoms with Gasteiger partial charge in [0.1, 0.15) is 5.82 Å². The number of aromatic amines is 1. The summed E-state index contributed by atoms with van der Waals surface area (Å²) >= 11 is 0. The maximum absolute atomic E-state index is 12.0. The Hall–Kier alpha value is -1.41. The van der Waals surface area contributed by atoms with Crippen molar-refractivity contribution in [3.05, 3.63) is 12.0 Å². The molecule has 120 valence electrons. The predicted molar refractivity (Wildman–Crippen MR) is 78.4 cm³/mol. The molecule has 0 saturated heterocycles. The number of hydrogen-bond acceptors (Lipinski definition) is 4. The van der Waals surface area contributed by atoms with Crippen molar-refractivity contribution in [1.82, 2.24) is 14.7 Å². The van der Waals surface area contributed by atoms with Crippen LogP contribution in [0.25, 0.3) is 0 Å². The fourth-order valence-corrected chi connectivity index (χ4v) is 2.80. The molecule has 0 atom stereocenters. The van der Waals surface area contributed by atoms with Crippen molar-refractivity contribution >= 4 is 16.0 Å². The maximum atomic E-state index is 12.0. The normalized spacial score (nSPS) is 12.5. The van der Waals surface area contributed by atoms with Crippen LogP contribution in [0.5, 0.6) is 0 Å². The Morgan fingerprint density at radius 1 is 1.43 bits per heavy atom. The summed E-state index contributed by atoms with van der Waals surface area (Å²) in [5.74, 6) is -0.217. The zero-order valence-corrected chi connectivity index (χ0v) is 13.5. The van der Waals surface area contributed by atoms with E-state index < -0.39 is 16.0 Å². The Morgan fingerprint density at radius 3 is 2.62 bits per heavy atom. The van der Waals surface area contributed by atoms with Gasteiger partial charge in [0.2, 0.25) is 0 Å². The first kappa shape index (κ1) is 17.6. The van der Waals surface area contributed by atoms with Crippen molar-refractivity contribution in [2.45, 2.75) is 51.5 Å². The molecule has 0 unspecified atom stereocenters. The molecule has 0 spiro atoms. The topological polar surface area (TPSA) is 112 Å². The third kappa shape index (κ3) is 5.84. The average Bonchev–Trinajstić information content (AvgIpc) is 2.85. The summed E-state index contributed by atoms with van der Waals surface area (Å²) in [4.78, 5) is 17.3. The van der Waals surface area contributed by atoms with E-state index in [9.17, 15) is 13.2 Å². The van der Waals surface area contributed by atoms with Gasteiger partial charge in [-0.25, -0.2) is 18.1 Å². The minimum atomic E-state index is -3.59. The first-order valence-electron chi connectivity index (χ1n) is 6.91. The number of aryl methyl sites for hydroxylation is 1. The number of hydrogen-bond donors (Lipinski definition) is 3. The number of H-pyrrole nitrogens is 1. The number of nitrogens with zero attached hydrogens (tertiary/aromatic N) is 1. The smallest absolute Gasteiger partial charge is 0.303 e. The van der Waals surface area contributed by atoms with Gasteiger partial charge in [0.25, 0.3) is 10.0 Å². The van der Waals surface area contributed by atoms with Crippen LogP contribution in [0.1, 0.15) is 45.9 Å². The SMILES string of the molecule is CCc1ncc(S(=O)(=O)NCCC(C)(C)CCC(=O)O)[nH]1. The fraction of sp³-hybridized carbons (Fsp3) is 0.692. The van der Waals surface area contributed by atoms with E-state index in [1.54, 1.807) is 0 Å². The lowest BCUT2D eigenvalue weighted by atomic mass is 9.84. The monoisotopic (exact) mass is 317 g/mol. The first-order chi connectivity index (χ1) is 9.66. The second-order valence-corrected chi connectivity index (χ2v) is 7.49. The Balaban J connectivity index is 2.52. The van der Waals surface area contributed by atoms with Crippen molar-refractivity contribution in [3.63, 3.8) is 0 Å². The number of aliphatic carboxylic acids is 1. The molecule has 0 aliphatic carbocycles. The molecule has 21 heavy (non-hydrogen) atoms. The van der Waals surface area contributed by atoms with Gasteiger partial charge in [-0.05, 0) is 18.3 Å². The molecule has 0 bridgehead atoms. The Bertz CT molecular complexity index is 578. The van der Waals surface area contributed by atoms with E-state index in [1.165, 1.54) is 6.20 Å². The highest BCUT2D eigenvalue weighted by Crippen LogP contribution is 2.26. The number of carboxylic acid groups (broad SMARTS) is 1. The number of nitrogens with one attached hydrogen (secondary N) is 2. The lowest BCUT2D eigenvalue weighted by Gasteiger charge is -2.23. The Morgan fingerprint density at radius 2 is 2.10 bits per heavy atom. The van der Waals surface area contributed by atoms with E-state index in [1.807, 2.05) is 20.8 Å². The van der Waals surface area contributed by atoms with Crippen LogP contribution in [-0.2, 0) is 21.2 Å². The number of sulfonamides is 1. The Labute approximate surface area is 125 Å². The predicted octanol–water partition coefficient (Wildman–Crippen LogP) is 1.53. The zero-order valence-electron chi connectivity index (χ0n) is 12.6. The van der Waals surface area contributed by atoms with Gasteiger partial charge in [-0.1, -0.05) is 20.8 Å². The lowest BCUT2D eigenvalue weighted by molar-refractivity contribution is -0.137. The van der Waals surface area contributed by atoms with Crippen molar-refractivity contribution in [2.75, 3.05) is 6.54 Å². The molecule has 0 aliphatic heterocycles.